The van der Waals surface area contributed by atoms with Gasteiger partial charge in [0.05, 0.1) is 17.6 Å². The van der Waals surface area contributed by atoms with E-state index in [4.69, 9.17) is 4.74 Å². The highest BCUT2D eigenvalue weighted by Gasteiger charge is 2.29. The summed E-state index contributed by atoms with van der Waals surface area (Å²) in [5, 5.41) is 2.81. The van der Waals surface area contributed by atoms with E-state index in [1.54, 1.807) is 6.07 Å². The molecule has 2 aromatic carbocycles. The lowest BCUT2D eigenvalue weighted by Gasteiger charge is -2.29. The number of carbonyl (C=O) groups is 1. The third-order valence-corrected chi connectivity index (χ3v) is 6.97. The van der Waals surface area contributed by atoms with Crippen molar-refractivity contribution in [3.05, 3.63) is 53.6 Å². The number of sulfonamides is 1. The van der Waals surface area contributed by atoms with Gasteiger partial charge in [0.25, 0.3) is 5.91 Å². The second-order valence-corrected chi connectivity index (χ2v) is 9.21. The zero-order valence-electron chi connectivity index (χ0n) is 16.4. The minimum absolute atomic E-state index is 0.109. The van der Waals surface area contributed by atoms with Crippen molar-refractivity contribution in [2.45, 2.75) is 31.6 Å². The van der Waals surface area contributed by atoms with Crippen molar-refractivity contribution in [3.8, 4) is 5.75 Å². The topological polar surface area (TPSA) is 75.7 Å². The molecule has 0 bridgehead atoms. The Morgan fingerprint density at radius 2 is 1.86 bits per heavy atom. The molecular weight excluding hydrogens is 376 g/mol. The molecule has 0 radical (unpaired) electrons. The van der Waals surface area contributed by atoms with Crippen LogP contribution in [-0.4, -0.2) is 38.8 Å². The Bertz CT molecular complexity index is 964. The molecule has 3 rings (SSSR count). The zero-order valence-corrected chi connectivity index (χ0v) is 17.3. The maximum absolute atomic E-state index is 13.0. The van der Waals surface area contributed by atoms with Crippen molar-refractivity contribution in [1.82, 2.24) is 4.31 Å². The number of amides is 1. The lowest BCUT2D eigenvalue weighted by molar-refractivity contribution is 0.102. The van der Waals surface area contributed by atoms with E-state index < -0.39 is 15.9 Å². The number of benzene rings is 2. The summed E-state index contributed by atoms with van der Waals surface area (Å²) in [6.45, 7) is 5.06. The number of anilines is 1. The van der Waals surface area contributed by atoms with Crippen molar-refractivity contribution in [1.29, 1.82) is 0 Å². The molecule has 2 aromatic rings. The van der Waals surface area contributed by atoms with Gasteiger partial charge in [0.15, 0.2) is 0 Å². The summed E-state index contributed by atoms with van der Waals surface area (Å²) in [7, 11) is -2.19. The predicted octanol–water partition coefficient (Wildman–Crippen LogP) is 3.68. The van der Waals surface area contributed by atoms with Crippen LogP contribution in [0.3, 0.4) is 0 Å². The molecule has 1 N–H and O–H groups in total. The Kier molecular flexibility index (Phi) is 6.05. The largest absolute Gasteiger partial charge is 0.496 e. The van der Waals surface area contributed by atoms with E-state index in [0.717, 1.165) is 18.4 Å². The van der Waals surface area contributed by atoms with Gasteiger partial charge >= 0.3 is 0 Å². The van der Waals surface area contributed by atoms with Crippen LogP contribution in [0.1, 0.15) is 35.7 Å². The highest BCUT2D eigenvalue weighted by Crippen LogP contribution is 2.28. The Balaban J connectivity index is 1.90. The number of rotatable bonds is 5. The summed E-state index contributed by atoms with van der Waals surface area (Å²) in [6, 6.07) is 11.8. The van der Waals surface area contributed by atoms with Gasteiger partial charge in [-0.3, -0.25) is 4.79 Å². The molecule has 6 nitrogen and oxygen atoms in total. The fourth-order valence-corrected chi connectivity index (χ4v) is 4.82. The number of hydrogen-bond donors (Lipinski definition) is 1. The third-order valence-electron chi connectivity index (χ3n) is 5.07. The van der Waals surface area contributed by atoms with E-state index in [0.29, 0.717) is 30.4 Å². The van der Waals surface area contributed by atoms with E-state index >= 15 is 0 Å². The summed E-state index contributed by atoms with van der Waals surface area (Å²) in [5.74, 6) is 0.445. The summed E-state index contributed by atoms with van der Waals surface area (Å²) >= 11 is 0. The van der Waals surface area contributed by atoms with Gasteiger partial charge in [-0.1, -0.05) is 19.1 Å². The number of hydrogen-bond acceptors (Lipinski definition) is 4. The Morgan fingerprint density at radius 1 is 1.14 bits per heavy atom. The molecule has 0 aromatic heterocycles. The Labute approximate surface area is 166 Å². The second-order valence-electron chi connectivity index (χ2n) is 7.27. The van der Waals surface area contributed by atoms with E-state index in [2.05, 4.69) is 12.2 Å². The summed E-state index contributed by atoms with van der Waals surface area (Å²) in [5.41, 5.74) is 1.85. The first-order valence-corrected chi connectivity index (χ1v) is 10.8. The van der Waals surface area contributed by atoms with Gasteiger partial charge in [-0.25, -0.2) is 8.42 Å². The monoisotopic (exact) mass is 402 g/mol. The summed E-state index contributed by atoms with van der Waals surface area (Å²) < 4.78 is 32.8. The fourth-order valence-electron chi connectivity index (χ4n) is 3.32. The van der Waals surface area contributed by atoms with Gasteiger partial charge < -0.3 is 10.1 Å². The molecule has 1 saturated heterocycles. The number of nitrogens with zero attached hydrogens (tertiary/aromatic N) is 1. The molecule has 7 heteroatoms. The number of ether oxygens (including phenoxy) is 1. The molecule has 0 saturated carbocycles. The lowest BCUT2D eigenvalue weighted by atomic mass is 10.0. The maximum Gasteiger partial charge on any atom is 0.259 e. The van der Waals surface area contributed by atoms with Gasteiger partial charge in [-0.2, -0.15) is 4.31 Å². The lowest BCUT2D eigenvalue weighted by Crippen LogP contribution is -2.37. The molecule has 0 aliphatic carbocycles. The maximum atomic E-state index is 13.0. The van der Waals surface area contributed by atoms with Gasteiger partial charge in [0.1, 0.15) is 5.75 Å². The minimum Gasteiger partial charge on any atom is -0.496 e. The molecular formula is C21H26N2O4S. The smallest absolute Gasteiger partial charge is 0.259 e. The van der Waals surface area contributed by atoms with Crippen molar-refractivity contribution in [2.75, 3.05) is 25.5 Å². The van der Waals surface area contributed by atoms with E-state index in [1.807, 2.05) is 25.1 Å². The van der Waals surface area contributed by atoms with E-state index in [-0.39, 0.29) is 10.5 Å². The highest BCUT2D eigenvalue weighted by molar-refractivity contribution is 7.89. The Hall–Kier alpha value is -2.38. The van der Waals surface area contributed by atoms with Crippen LogP contribution < -0.4 is 10.1 Å². The van der Waals surface area contributed by atoms with Crippen LogP contribution >= 0.6 is 0 Å². The number of methoxy groups -OCH3 is 1. The van der Waals surface area contributed by atoms with Crippen molar-refractivity contribution in [2.24, 2.45) is 5.92 Å². The number of nitrogens with one attached hydrogen (secondary N) is 1. The quantitative estimate of drug-likeness (QED) is 0.828. The molecule has 28 heavy (non-hydrogen) atoms. The van der Waals surface area contributed by atoms with E-state index in [1.165, 1.54) is 29.6 Å². The molecule has 0 spiro atoms. The minimum atomic E-state index is -3.65. The fraction of sp³-hybridized carbons (Fsp3) is 0.381. The summed E-state index contributed by atoms with van der Waals surface area (Å²) in [6.07, 6.45) is 1.69. The molecule has 1 fully saturated rings. The van der Waals surface area contributed by atoms with E-state index in [9.17, 15) is 13.2 Å². The first-order chi connectivity index (χ1) is 13.3. The normalized spacial score (nSPS) is 16.0. The zero-order chi connectivity index (χ0) is 20.3. The predicted molar refractivity (Wildman–Crippen MR) is 109 cm³/mol. The van der Waals surface area contributed by atoms with Gasteiger partial charge in [-0.05, 0) is 61.6 Å². The van der Waals surface area contributed by atoms with Crippen molar-refractivity contribution in [3.63, 3.8) is 0 Å². The van der Waals surface area contributed by atoms with Crippen LogP contribution in [-0.2, 0) is 10.0 Å². The van der Waals surface area contributed by atoms with Crippen LogP contribution in [0.25, 0.3) is 0 Å². The van der Waals surface area contributed by atoms with Gasteiger partial charge in [0, 0.05) is 18.8 Å². The number of piperidine rings is 1. The van der Waals surface area contributed by atoms with Gasteiger partial charge in [-0.15, -0.1) is 0 Å². The third kappa shape index (κ3) is 4.36. The van der Waals surface area contributed by atoms with Gasteiger partial charge in [0.2, 0.25) is 10.0 Å². The van der Waals surface area contributed by atoms with Crippen LogP contribution in [0.4, 0.5) is 5.69 Å². The summed E-state index contributed by atoms with van der Waals surface area (Å²) in [4.78, 5) is 12.9. The van der Waals surface area contributed by atoms with Crippen LogP contribution in [0, 0.1) is 12.8 Å². The highest BCUT2D eigenvalue weighted by atomic mass is 32.2. The molecule has 0 unspecified atom stereocenters. The molecule has 1 aliphatic heterocycles. The first-order valence-electron chi connectivity index (χ1n) is 9.37. The first kappa shape index (κ1) is 20.4. The molecule has 1 heterocycles. The van der Waals surface area contributed by atoms with Crippen LogP contribution in [0.5, 0.6) is 5.75 Å². The van der Waals surface area contributed by atoms with Crippen molar-refractivity contribution < 1.29 is 17.9 Å². The standard InChI is InChI=1S/C21H26N2O4S/c1-15-9-11-23(12-10-15)28(25,26)18-7-8-20(27-3)19(14-18)21(24)22-17-6-4-5-16(2)13-17/h4-8,13-15H,9-12H2,1-3H3,(H,22,24). The van der Waals surface area contributed by atoms with Crippen molar-refractivity contribution >= 4 is 21.6 Å². The molecule has 0 atom stereocenters. The SMILES string of the molecule is COc1ccc(S(=O)(=O)N2CCC(C)CC2)cc1C(=O)Nc1cccc(C)c1. The van der Waals surface area contributed by atoms with Crippen LogP contribution in [0.2, 0.25) is 0 Å². The molecule has 1 amide bonds. The Morgan fingerprint density at radius 3 is 2.50 bits per heavy atom. The molecule has 1 aliphatic rings. The second kappa shape index (κ2) is 8.32. The van der Waals surface area contributed by atoms with Crippen LogP contribution in [0.15, 0.2) is 47.4 Å². The average Bonchev–Trinajstić information content (AvgIpc) is 2.67. The molecule has 150 valence electrons. The number of aryl methyl sites for hydroxylation is 1. The number of carbonyl (C=O) groups excluding carboxylic acids is 1. The average molecular weight is 403 g/mol.